The van der Waals surface area contributed by atoms with Gasteiger partial charge in [-0.05, 0) is 19.4 Å². The number of carbonyl (C=O) groups is 1. The van der Waals surface area contributed by atoms with Gasteiger partial charge in [0.15, 0.2) is 6.54 Å². The average Bonchev–Trinajstić information content (AvgIpc) is 2.61. The molecule has 2 fully saturated rings. The maximum Gasteiger partial charge on any atom is 0.277 e. The Morgan fingerprint density at radius 1 is 1.07 bits per heavy atom. The maximum absolute atomic E-state index is 12.6. The van der Waals surface area contributed by atoms with Crippen LogP contribution < -0.4 is 4.90 Å². The summed E-state index contributed by atoms with van der Waals surface area (Å²) in [5.41, 5.74) is 0.787. The molecule has 0 saturated carbocycles. The number of carbonyl (C=O) groups excluding carboxylic acids is 1. The van der Waals surface area contributed by atoms with Gasteiger partial charge in [-0.2, -0.15) is 4.31 Å². The number of amides is 1. The topological polar surface area (TPSA) is 71.4 Å². The third kappa shape index (κ3) is 5.51. The second-order valence-electron chi connectivity index (χ2n) is 7.61. The summed E-state index contributed by atoms with van der Waals surface area (Å²) < 4.78 is 32.5. The van der Waals surface area contributed by atoms with Crippen LogP contribution in [0.2, 0.25) is 0 Å². The largest absolute Gasteiger partial charge is 0.364 e. The van der Waals surface area contributed by atoms with E-state index in [4.69, 9.17) is 4.74 Å². The van der Waals surface area contributed by atoms with Crippen molar-refractivity contribution in [3.8, 4) is 0 Å². The van der Waals surface area contributed by atoms with Crippen LogP contribution in [-0.4, -0.2) is 81.6 Å². The van der Waals surface area contributed by atoms with Crippen molar-refractivity contribution in [2.45, 2.75) is 31.8 Å². The molecule has 1 aromatic rings. The molecule has 0 aromatic heterocycles. The number of ether oxygens (including phenoxy) is 1. The van der Waals surface area contributed by atoms with Crippen LogP contribution in [0.25, 0.3) is 0 Å². The summed E-state index contributed by atoms with van der Waals surface area (Å²) >= 11 is 0. The second kappa shape index (κ2) is 8.68. The minimum Gasteiger partial charge on any atom is -0.364 e. The van der Waals surface area contributed by atoms with E-state index in [-0.39, 0.29) is 23.9 Å². The third-order valence-electron chi connectivity index (χ3n) is 5.19. The molecule has 150 valence electrons. The molecule has 2 aliphatic rings. The summed E-state index contributed by atoms with van der Waals surface area (Å²) in [6, 6.07) is 9.21. The predicted molar refractivity (Wildman–Crippen MR) is 103 cm³/mol. The second-order valence-corrected chi connectivity index (χ2v) is 9.58. The van der Waals surface area contributed by atoms with Crippen molar-refractivity contribution in [3.05, 3.63) is 35.9 Å². The smallest absolute Gasteiger partial charge is 0.277 e. The summed E-state index contributed by atoms with van der Waals surface area (Å²) in [5.74, 6) is 0.113. The molecular weight excluding hydrogens is 366 g/mol. The molecule has 0 spiro atoms. The van der Waals surface area contributed by atoms with Gasteiger partial charge in [-0.1, -0.05) is 30.3 Å². The Labute approximate surface area is 161 Å². The van der Waals surface area contributed by atoms with Crippen LogP contribution in [0.3, 0.4) is 0 Å². The molecule has 3 rings (SSSR count). The first-order valence-corrected chi connectivity index (χ1v) is 11.2. The van der Waals surface area contributed by atoms with E-state index in [2.05, 4.69) is 0 Å². The molecule has 1 unspecified atom stereocenters. The first-order valence-electron chi connectivity index (χ1n) is 9.62. The number of benzene rings is 1. The number of sulfonamides is 1. The van der Waals surface area contributed by atoms with Crippen molar-refractivity contribution >= 4 is 15.9 Å². The van der Waals surface area contributed by atoms with E-state index in [0.29, 0.717) is 32.7 Å². The van der Waals surface area contributed by atoms with E-state index in [1.165, 1.54) is 9.21 Å². The summed E-state index contributed by atoms with van der Waals surface area (Å²) in [5, 5.41) is 0. The fourth-order valence-electron chi connectivity index (χ4n) is 3.95. The molecule has 0 bridgehead atoms. The molecule has 2 saturated heterocycles. The number of nitrogens with zero attached hydrogens (tertiary/aromatic N) is 2. The zero-order valence-corrected chi connectivity index (χ0v) is 17.0. The van der Waals surface area contributed by atoms with Crippen LogP contribution >= 0.6 is 0 Å². The Morgan fingerprint density at radius 2 is 1.67 bits per heavy atom. The minimum absolute atomic E-state index is 0.00941. The number of hydrogen-bond acceptors (Lipinski definition) is 4. The monoisotopic (exact) mass is 396 g/mol. The summed E-state index contributed by atoms with van der Waals surface area (Å²) in [4.78, 5) is 15.7. The molecule has 2 heterocycles. The van der Waals surface area contributed by atoms with Crippen LogP contribution in [0, 0.1) is 0 Å². The van der Waals surface area contributed by atoms with Crippen molar-refractivity contribution in [2.75, 3.05) is 45.8 Å². The number of hydrogen-bond donors (Lipinski definition) is 1. The highest BCUT2D eigenvalue weighted by atomic mass is 32.2. The fourth-order valence-corrected chi connectivity index (χ4v) is 5.47. The van der Waals surface area contributed by atoms with Crippen LogP contribution in [0.15, 0.2) is 30.3 Å². The van der Waals surface area contributed by atoms with E-state index < -0.39 is 10.0 Å². The molecule has 27 heavy (non-hydrogen) atoms. The van der Waals surface area contributed by atoms with Gasteiger partial charge >= 0.3 is 0 Å². The molecule has 1 N–H and O–H groups in total. The fraction of sp³-hybridized carbons (Fsp3) is 0.632. The number of morpholine rings is 1. The molecule has 1 amide bonds. The lowest BCUT2D eigenvalue weighted by Gasteiger charge is -2.36. The van der Waals surface area contributed by atoms with Crippen molar-refractivity contribution in [3.63, 3.8) is 0 Å². The molecule has 3 atom stereocenters. The normalized spacial score (nSPS) is 27.5. The van der Waals surface area contributed by atoms with E-state index in [0.717, 1.165) is 18.7 Å². The van der Waals surface area contributed by atoms with Crippen LogP contribution in [0.4, 0.5) is 0 Å². The standard InChI is InChI=1S/C19H29N3O4S/c1-16-12-20(13-17(2)26-16)14-19(23)21-8-10-22(11-9-21)27(24,25)15-18-6-4-3-5-7-18/h3-7,16-17H,8-15H2,1-2H3/p+1/t16-,17+. The van der Waals surface area contributed by atoms with Crippen molar-refractivity contribution < 1.29 is 22.8 Å². The summed E-state index contributed by atoms with van der Waals surface area (Å²) in [6.07, 6.45) is 0.327. The Kier molecular flexibility index (Phi) is 6.52. The summed E-state index contributed by atoms with van der Waals surface area (Å²) in [6.45, 7) is 7.85. The Morgan fingerprint density at radius 3 is 2.26 bits per heavy atom. The van der Waals surface area contributed by atoms with Gasteiger partial charge < -0.3 is 14.5 Å². The van der Waals surface area contributed by atoms with Crippen LogP contribution in [0.5, 0.6) is 0 Å². The number of quaternary nitrogens is 1. The molecule has 2 aliphatic heterocycles. The number of piperazine rings is 1. The van der Waals surface area contributed by atoms with Gasteiger partial charge in [-0.15, -0.1) is 0 Å². The van der Waals surface area contributed by atoms with Gasteiger partial charge in [0, 0.05) is 26.2 Å². The van der Waals surface area contributed by atoms with Gasteiger partial charge in [0.25, 0.3) is 5.91 Å². The molecule has 8 heteroatoms. The number of nitrogens with one attached hydrogen (secondary N) is 1. The van der Waals surface area contributed by atoms with Gasteiger partial charge in [0.1, 0.15) is 25.3 Å². The van der Waals surface area contributed by atoms with Gasteiger partial charge in [-0.3, -0.25) is 4.79 Å². The maximum atomic E-state index is 12.6. The van der Waals surface area contributed by atoms with Gasteiger partial charge in [0.05, 0.1) is 5.75 Å². The highest BCUT2D eigenvalue weighted by Gasteiger charge is 2.32. The van der Waals surface area contributed by atoms with E-state index in [1.807, 2.05) is 44.2 Å². The lowest BCUT2D eigenvalue weighted by molar-refractivity contribution is -0.907. The van der Waals surface area contributed by atoms with Crippen molar-refractivity contribution in [2.24, 2.45) is 0 Å². The molecule has 0 aliphatic carbocycles. The lowest BCUT2D eigenvalue weighted by Crippen LogP contribution is -3.16. The van der Waals surface area contributed by atoms with E-state index >= 15 is 0 Å². The van der Waals surface area contributed by atoms with E-state index in [1.54, 1.807) is 4.90 Å². The third-order valence-corrected chi connectivity index (χ3v) is 7.04. The molecular formula is C19H30N3O4S+. The Balaban J connectivity index is 1.50. The number of rotatable bonds is 5. The minimum atomic E-state index is -3.35. The van der Waals surface area contributed by atoms with Crippen molar-refractivity contribution in [1.82, 2.24) is 9.21 Å². The predicted octanol–water partition coefficient (Wildman–Crippen LogP) is -0.647. The first kappa shape index (κ1) is 20.3. The summed E-state index contributed by atoms with van der Waals surface area (Å²) in [7, 11) is -3.35. The molecule has 7 nitrogen and oxygen atoms in total. The van der Waals surface area contributed by atoms with E-state index in [9.17, 15) is 13.2 Å². The van der Waals surface area contributed by atoms with Crippen molar-refractivity contribution in [1.29, 1.82) is 0 Å². The van der Waals surface area contributed by atoms with Crippen LogP contribution in [0.1, 0.15) is 19.4 Å². The zero-order chi connectivity index (χ0) is 19.4. The quantitative estimate of drug-likeness (QED) is 0.718. The Bertz CT molecular complexity index is 723. The average molecular weight is 397 g/mol. The first-order chi connectivity index (χ1) is 12.8. The molecule has 0 radical (unpaired) electrons. The zero-order valence-electron chi connectivity index (χ0n) is 16.1. The highest BCUT2D eigenvalue weighted by Crippen LogP contribution is 2.13. The van der Waals surface area contributed by atoms with Gasteiger partial charge in [0.2, 0.25) is 10.0 Å². The SMILES string of the molecule is C[C@@H]1C[NH+](CC(=O)N2CCN(S(=O)(=O)Cc3ccccc3)CC2)C[C@H](C)O1. The van der Waals surface area contributed by atoms with Gasteiger partial charge in [-0.25, -0.2) is 8.42 Å². The Hall–Kier alpha value is -1.48. The van der Waals surface area contributed by atoms with Crippen LogP contribution in [-0.2, 0) is 25.3 Å². The lowest BCUT2D eigenvalue weighted by atomic mass is 10.2. The highest BCUT2D eigenvalue weighted by molar-refractivity contribution is 7.88. The molecule has 1 aromatic carbocycles.